The number of ether oxygens (including phenoxy) is 1. The van der Waals surface area contributed by atoms with Crippen LogP contribution >= 0.6 is 0 Å². The molecule has 0 spiro atoms. The summed E-state index contributed by atoms with van der Waals surface area (Å²) < 4.78 is 5.83. The highest BCUT2D eigenvalue weighted by Crippen LogP contribution is 2.28. The minimum atomic E-state index is -0.313. The summed E-state index contributed by atoms with van der Waals surface area (Å²) in [5.74, 6) is 0.567. The van der Waals surface area contributed by atoms with Crippen molar-refractivity contribution in [1.82, 2.24) is 0 Å². The zero-order valence-electron chi connectivity index (χ0n) is 18.9. The molecular weight excluding hydrogens is 400 g/mol. The molecule has 3 aromatic rings. The second kappa shape index (κ2) is 11.1. The van der Waals surface area contributed by atoms with Gasteiger partial charge in [0.2, 0.25) is 0 Å². The summed E-state index contributed by atoms with van der Waals surface area (Å²) in [5, 5.41) is 2.84. The van der Waals surface area contributed by atoms with Gasteiger partial charge in [0.1, 0.15) is 5.75 Å². The summed E-state index contributed by atoms with van der Waals surface area (Å²) in [6, 6.07) is 24.3. The molecule has 0 saturated heterocycles. The molecule has 1 unspecified atom stereocenters. The van der Waals surface area contributed by atoms with Crippen LogP contribution in [0.3, 0.4) is 0 Å². The zero-order valence-corrected chi connectivity index (χ0v) is 18.9. The van der Waals surface area contributed by atoms with Crippen LogP contribution in [-0.2, 0) is 4.79 Å². The fraction of sp³-hybridized carbons (Fsp3) is 0.259. The molecule has 0 aromatic heterocycles. The van der Waals surface area contributed by atoms with E-state index in [-0.39, 0.29) is 18.4 Å². The fourth-order valence-electron chi connectivity index (χ4n) is 3.54. The van der Waals surface area contributed by atoms with Gasteiger partial charge in [0.25, 0.3) is 11.8 Å². The van der Waals surface area contributed by atoms with E-state index in [1.54, 1.807) is 29.2 Å². The van der Waals surface area contributed by atoms with Gasteiger partial charge in [-0.1, -0.05) is 62.4 Å². The average Bonchev–Trinajstić information content (AvgIpc) is 2.84. The first-order chi connectivity index (χ1) is 15.5. The lowest BCUT2D eigenvalue weighted by Crippen LogP contribution is -2.32. The number of carbonyl (C=O) groups excluding carboxylic acids is 2. The van der Waals surface area contributed by atoms with Crippen molar-refractivity contribution >= 4 is 23.2 Å². The van der Waals surface area contributed by atoms with Gasteiger partial charge in [-0.05, 0) is 55.2 Å². The lowest BCUT2D eigenvalue weighted by atomic mass is 9.98. The minimum absolute atomic E-state index is 0.133. The van der Waals surface area contributed by atoms with Crippen LogP contribution in [0.5, 0.6) is 5.75 Å². The molecule has 2 amide bonds. The summed E-state index contributed by atoms with van der Waals surface area (Å²) in [7, 11) is 0. The number of para-hydroxylation sites is 3. The van der Waals surface area contributed by atoms with Gasteiger partial charge >= 0.3 is 0 Å². The predicted molar refractivity (Wildman–Crippen MR) is 130 cm³/mol. The van der Waals surface area contributed by atoms with E-state index < -0.39 is 0 Å². The third-order valence-corrected chi connectivity index (χ3v) is 5.48. The SMILES string of the molecule is CCC(C)c1ccccc1OCC(=O)Nc1ccccc1C(=O)N(CC)c1ccccc1. The summed E-state index contributed by atoms with van der Waals surface area (Å²) in [6.07, 6.45) is 0.984. The molecule has 3 rings (SSSR count). The van der Waals surface area contributed by atoms with Gasteiger partial charge in [-0.2, -0.15) is 0 Å². The van der Waals surface area contributed by atoms with Crippen LogP contribution < -0.4 is 15.0 Å². The smallest absolute Gasteiger partial charge is 0.262 e. The number of nitrogens with zero attached hydrogens (tertiary/aromatic N) is 1. The number of hydrogen-bond acceptors (Lipinski definition) is 3. The molecule has 0 aliphatic rings. The molecule has 0 radical (unpaired) electrons. The van der Waals surface area contributed by atoms with Gasteiger partial charge in [0.15, 0.2) is 6.61 Å². The molecule has 5 nitrogen and oxygen atoms in total. The van der Waals surface area contributed by atoms with E-state index in [1.165, 1.54) is 0 Å². The van der Waals surface area contributed by atoms with Crippen molar-refractivity contribution in [2.45, 2.75) is 33.1 Å². The number of amides is 2. The van der Waals surface area contributed by atoms with Gasteiger partial charge < -0.3 is 15.0 Å². The number of benzene rings is 3. The molecule has 3 aromatic carbocycles. The summed E-state index contributed by atoms with van der Waals surface area (Å²) in [5.41, 5.74) is 2.80. The highest BCUT2D eigenvalue weighted by Gasteiger charge is 2.20. The highest BCUT2D eigenvalue weighted by atomic mass is 16.5. The maximum absolute atomic E-state index is 13.3. The van der Waals surface area contributed by atoms with Crippen molar-refractivity contribution in [2.75, 3.05) is 23.4 Å². The van der Waals surface area contributed by atoms with Crippen molar-refractivity contribution in [3.05, 3.63) is 90.0 Å². The normalized spacial score (nSPS) is 11.5. The van der Waals surface area contributed by atoms with Crippen molar-refractivity contribution in [3.63, 3.8) is 0 Å². The molecular formula is C27H30N2O3. The van der Waals surface area contributed by atoms with Gasteiger partial charge in [-0.3, -0.25) is 9.59 Å². The minimum Gasteiger partial charge on any atom is -0.483 e. The molecule has 0 fully saturated rings. The molecule has 32 heavy (non-hydrogen) atoms. The van der Waals surface area contributed by atoms with Crippen LogP contribution in [0.4, 0.5) is 11.4 Å². The fourth-order valence-corrected chi connectivity index (χ4v) is 3.54. The Morgan fingerprint density at radius 3 is 2.28 bits per heavy atom. The van der Waals surface area contributed by atoms with Crippen LogP contribution in [0.1, 0.15) is 49.0 Å². The van der Waals surface area contributed by atoms with Crippen LogP contribution in [0.2, 0.25) is 0 Å². The monoisotopic (exact) mass is 430 g/mol. The van der Waals surface area contributed by atoms with Crippen molar-refractivity contribution < 1.29 is 14.3 Å². The highest BCUT2D eigenvalue weighted by molar-refractivity contribution is 6.11. The van der Waals surface area contributed by atoms with Crippen molar-refractivity contribution in [1.29, 1.82) is 0 Å². The Hall–Kier alpha value is -3.60. The van der Waals surface area contributed by atoms with Gasteiger partial charge in [0, 0.05) is 12.2 Å². The zero-order chi connectivity index (χ0) is 22.9. The van der Waals surface area contributed by atoms with Crippen LogP contribution in [-0.4, -0.2) is 25.0 Å². The number of nitrogens with one attached hydrogen (secondary N) is 1. The quantitative estimate of drug-likeness (QED) is 0.461. The van der Waals surface area contributed by atoms with Crippen LogP contribution in [0.15, 0.2) is 78.9 Å². The van der Waals surface area contributed by atoms with Crippen LogP contribution in [0.25, 0.3) is 0 Å². The Balaban J connectivity index is 1.73. The van der Waals surface area contributed by atoms with Gasteiger partial charge in [0.05, 0.1) is 11.3 Å². The number of carbonyl (C=O) groups is 2. The van der Waals surface area contributed by atoms with E-state index in [9.17, 15) is 9.59 Å². The maximum Gasteiger partial charge on any atom is 0.262 e. The first-order valence-electron chi connectivity index (χ1n) is 11.0. The standard InChI is InChI=1S/C27H30N2O3/c1-4-20(3)22-15-10-12-18-25(22)32-19-26(30)28-24-17-11-9-16-23(24)27(31)29(5-2)21-13-7-6-8-14-21/h6-18,20H,4-5,19H2,1-3H3,(H,28,30). The Morgan fingerprint density at radius 2 is 1.56 bits per heavy atom. The number of hydrogen-bond donors (Lipinski definition) is 1. The van der Waals surface area contributed by atoms with Gasteiger partial charge in [-0.25, -0.2) is 0 Å². The van der Waals surface area contributed by atoms with Gasteiger partial charge in [-0.15, -0.1) is 0 Å². The average molecular weight is 431 g/mol. The van der Waals surface area contributed by atoms with E-state index in [0.717, 1.165) is 17.7 Å². The lowest BCUT2D eigenvalue weighted by Gasteiger charge is -2.22. The Kier molecular flexibility index (Phi) is 8.03. The first-order valence-corrected chi connectivity index (χ1v) is 11.0. The molecule has 1 N–H and O–H groups in total. The van der Waals surface area contributed by atoms with Crippen molar-refractivity contribution in [2.24, 2.45) is 0 Å². The molecule has 0 saturated carbocycles. The van der Waals surface area contributed by atoms with E-state index in [4.69, 9.17) is 4.74 Å². The number of rotatable bonds is 9. The topological polar surface area (TPSA) is 58.6 Å². The second-order valence-corrected chi connectivity index (χ2v) is 7.61. The molecule has 0 aliphatic carbocycles. The van der Waals surface area contributed by atoms with Crippen molar-refractivity contribution in [3.8, 4) is 5.75 Å². The Labute approximate surface area is 190 Å². The predicted octanol–water partition coefficient (Wildman–Crippen LogP) is 5.88. The van der Waals surface area contributed by atoms with Crippen LogP contribution in [0, 0.1) is 0 Å². The third-order valence-electron chi connectivity index (χ3n) is 5.48. The summed E-state index contributed by atoms with van der Waals surface area (Å²) >= 11 is 0. The lowest BCUT2D eigenvalue weighted by molar-refractivity contribution is -0.118. The summed E-state index contributed by atoms with van der Waals surface area (Å²) in [6.45, 7) is 6.56. The number of anilines is 2. The molecule has 166 valence electrons. The van der Waals surface area contributed by atoms with E-state index in [2.05, 4.69) is 19.2 Å². The summed E-state index contributed by atoms with van der Waals surface area (Å²) in [4.78, 5) is 27.6. The molecule has 0 aliphatic heterocycles. The first kappa shape index (κ1) is 23.1. The molecule has 5 heteroatoms. The molecule has 0 heterocycles. The molecule has 1 atom stereocenters. The largest absolute Gasteiger partial charge is 0.483 e. The molecule has 0 bridgehead atoms. The Morgan fingerprint density at radius 1 is 0.906 bits per heavy atom. The third kappa shape index (κ3) is 5.55. The second-order valence-electron chi connectivity index (χ2n) is 7.61. The Bertz CT molecular complexity index is 1050. The van der Waals surface area contributed by atoms with E-state index in [0.29, 0.717) is 29.5 Å². The van der Waals surface area contributed by atoms with E-state index >= 15 is 0 Å². The van der Waals surface area contributed by atoms with E-state index in [1.807, 2.05) is 61.5 Å². The maximum atomic E-state index is 13.3.